The number of allylic oxidation sites excluding steroid dienone is 1. The molecule has 0 bridgehead atoms. The van der Waals surface area contributed by atoms with Crippen LogP contribution in [0.3, 0.4) is 0 Å². The quantitative estimate of drug-likeness (QED) is 0.401. The topological polar surface area (TPSA) is 35.5 Å². The van der Waals surface area contributed by atoms with Crippen LogP contribution >= 0.6 is 0 Å². The van der Waals surface area contributed by atoms with Crippen molar-refractivity contribution in [1.82, 2.24) is 0 Å². The molecule has 0 atom stereocenters. The van der Waals surface area contributed by atoms with Crippen molar-refractivity contribution in [3.8, 4) is 11.5 Å². The summed E-state index contributed by atoms with van der Waals surface area (Å²) in [5, 5.41) is 0. The van der Waals surface area contributed by atoms with Gasteiger partial charge in [0.2, 0.25) is 0 Å². The monoisotopic (exact) mass is 412 g/mol. The normalized spacial score (nSPS) is 10.6. The molecule has 0 aliphatic rings. The summed E-state index contributed by atoms with van der Waals surface area (Å²) in [6.45, 7) is 2.64. The summed E-state index contributed by atoms with van der Waals surface area (Å²) >= 11 is -0.500. The zero-order chi connectivity index (χ0) is 15.8. The van der Waals surface area contributed by atoms with Gasteiger partial charge in [0.15, 0.2) is 0 Å². The van der Waals surface area contributed by atoms with Gasteiger partial charge < -0.3 is 0 Å². The Kier molecular flexibility index (Phi) is 6.51. The molecule has 0 N–H and O–H groups in total. The molecule has 0 saturated heterocycles. The maximum absolute atomic E-state index is 12.0. The van der Waals surface area contributed by atoms with Crippen LogP contribution in [0, 0.1) is 0 Å². The molecule has 0 saturated carbocycles. The second-order valence-corrected chi connectivity index (χ2v) is 7.21. The van der Waals surface area contributed by atoms with Gasteiger partial charge in [-0.05, 0) is 0 Å². The molecule has 0 aliphatic carbocycles. The van der Waals surface area contributed by atoms with E-state index in [1.54, 1.807) is 37.5 Å². The average Bonchev–Trinajstić information content (AvgIpc) is 2.56. The second-order valence-electron chi connectivity index (χ2n) is 4.42. The summed E-state index contributed by atoms with van der Waals surface area (Å²) in [4.78, 5) is 12.0. The first-order valence-electron chi connectivity index (χ1n) is 6.97. The number of ether oxygens (including phenoxy) is 2. The molecular formula is C18H18O3Te. The van der Waals surface area contributed by atoms with E-state index in [0.29, 0.717) is 12.2 Å². The zero-order valence-corrected chi connectivity index (χ0v) is 14.9. The van der Waals surface area contributed by atoms with Gasteiger partial charge in [0, 0.05) is 0 Å². The van der Waals surface area contributed by atoms with Crippen LogP contribution in [0.4, 0.5) is 0 Å². The molecule has 3 nitrogen and oxygen atoms in total. The van der Waals surface area contributed by atoms with Crippen molar-refractivity contribution in [3.05, 3.63) is 64.3 Å². The van der Waals surface area contributed by atoms with E-state index in [-0.39, 0.29) is 5.78 Å². The van der Waals surface area contributed by atoms with E-state index in [4.69, 9.17) is 9.47 Å². The zero-order valence-electron chi connectivity index (χ0n) is 12.6. The van der Waals surface area contributed by atoms with Crippen LogP contribution in [-0.4, -0.2) is 40.4 Å². The van der Waals surface area contributed by atoms with Crippen molar-refractivity contribution in [1.29, 1.82) is 0 Å². The molecular weight excluding hydrogens is 392 g/mol. The van der Waals surface area contributed by atoms with Gasteiger partial charge >= 0.3 is 141 Å². The van der Waals surface area contributed by atoms with Crippen molar-refractivity contribution in [2.75, 3.05) is 13.7 Å². The van der Waals surface area contributed by atoms with Crippen LogP contribution < -0.4 is 13.1 Å². The summed E-state index contributed by atoms with van der Waals surface area (Å²) in [6.07, 6.45) is 1.67. The summed E-state index contributed by atoms with van der Waals surface area (Å²) in [5.74, 6) is 1.67. The molecule has 0 unspecified atom stereocenters. The van der Waals surface area contributed by atoms with Crippen LogP contribution in [0.2, 0.25) is 0 Å². The fourth-order valence-electron chi connectivity index (χ4n) is 1.81. The summed E-state index contributed by atoms with van der Waals surface area (Å²) < 4.78 is 13.8. The second kappa shape index (κ2) is 8.63. The van der Waals surface area contributed by atoms with E-state index >= 15 is 0 Å². The molecule has 22 heavy (non-hydrogen) atoms. The minimum absolute atomic E-state index is 0.0266. The molecule has 0 amide bonds. The van der Waals surface area contributed by atoms with Gasteiger partial charge in [0.1, 0.15) is 0 Å². The number of carbonyl (C=O) groups excluding carboxylic acids is 1. The van der Waals surface area contributed by atoms with E-state index in [1.165, 1.54) is 3.61 Å². The standard InChI is InChI=1S/C18H18O3Te/c1-3-21-16-8-10-17(11-9-16)22-13-12-18(19)14-4-6-15(20-2)7-5-14/h4-13H,3H2,1-2H3/b13-12+. The minimum atomic E-state index is -0.500. The Morgan fingerprint density at radius 1 is 1.05 bits per heavy atom. The van der Waals surface area contributed by atoms with Crippen molar-refractivity contribution >= 4 is 30.3 Å². The van der Waals surface area contributed by atoms with Gasteiger partial charge in [-0.1, -0.05) is 0 Å². The molecule has 0 aromatic heterocycles. The first-order chi connectivity index (χ1) is 10.7. The number of benzene rings is 2. The number of ketones is 1. The van der Waals surface area contributed by atoms with Crippen molar-refractivity contribution < 1.29 is 14.3 Å². The van der Waals surface area contributed by atoms with E-state index in [9.17, 15) is 4.79 Å². The van der Waals surface area contributed by atoms with Gasteiger partial charge in [-0.2, -0.15) is 0 Å². The molecule has 4 heteroatoms. The third-order valence-corrected chi connectivity index (χ3v) is 5.26. The Balaban J connectivity index is 1.91. The molecule has 2 rings (SSSR count). The van der Waals surface area contributed by atoms with Gasteiger partial charge in [0.05, 0.1) is 0 Å². The first-order valence-corrected chi connectivity index (χ1v) is 9.48. The number of hydrogen-bond acceptors (Lipinski definition) is 3. The van der Waals surface area contributed by atoms with Crippen LogP contribution in [0.15, 0.2) is 58.7 Å². The van der Waals surface area contributed by atoms with Gasteiger partial charge in [-0.25, -0.2) is 0 Å². The van der Waals surface area contributed by atoms with Crippen molar-refractivity contribution in [2.24, 2.45) is 0 Å². The van der Waals surface area contributed by atoms with Crippen LogP contribution in [0.1, 0.15) is 17.3 Å². The molecule has 114 valence electrons. The number of carbonyl (C=O) groups is 1. The SMILES string of the molecule is CCOc1ccc([Te]/C=C/C(=O)c2ccc(OC)cc2)cc1. The Bertz CT molecular complexity index is 630. The van der Waals surface area contributed by atoms with Gasteiger partial charge in [-0.15, -0.1) is 0 Å². The molecule has 2 aromatic rings. The Labute approximate surface area is 141 Å². The summed E-state index contributed by atoms with van der Waals surface area (Å²) in [5.41, 5.74) is 0.677. The molecule has 0 radical (unpaired) electrons. The molecule has 2 aromatic carbocycles. The fourth-order valence-corrected chi connectivity index (χ4v) is 3.64. The average molecular weight is 410 g/mol. The van der Waals surface area contributed by atoms with Crippen molar-refractivity contribution in [3.63, 3.8) is 0 Å². The van der Waals surface area contributed by atoms with Gasteiger partial charge in [-0.3, -0.25) is 0 Å². The summed E-state index contributed by atoms with van der Waals surface area (Å²) in [6, 6.07) is 15.2. The molecule has 0 aliphatic heterocycles. The summed E-state index contributed by atoms with van der Waals surface area (Å²) in [7, 11) is 1.61. The third kappa shape index (κ3) is 4.91. The van der Waals surface area contributed by atoms with Crippen LogP contribution in [-0.2, 0) is 0 Å². The Morgan fingerprint density at radius 3 is 2.27 bits per heavy atom. The molecule has 0 heterocycles. The van der Waals surface area contributed by atoms with E-state index in [0.717, 1.165) is 11.5 Å². The van der Waals surface area contributed by atoms with Gasteiger partial charge in [0.25, 0.3) is 0 Å². The number of hydrogen-bond donors (Lipinski definition) is 0. The number of rotatable bonds is 7. The Hall–Kier alpha value is -1.76. The maximum atomic E-state index is 12.0. The van der Waals surface area contributed by atoms with E-state index in [1.807, 2.05) is 23.2 Å². The predicted molar refractivity (Wildman–Crippen MR) is 89.5 cm³/mol. The Morgan fingerprint density at radius 2 is 1.68 bits per heavy atom. The van der Waals surface area contributed by atoms with Crippen molar-refractivity contribution in [2.45, 2.75) is 6.92 Å². The van der Waals surface area contributed by atoms with Crippen LogP contribution in [0.25, 0.3) is 0 Å². The van der Waals surface area contributed by atoms with E-state index in [2.05, 4.69) is 12.1 Å². The van der Waals surface area contributed by atoms with E-state index < -0.39 is 20.9 Å². The molecule has 0 fully saturated rings. The third-order valence-electron chi connectivity index (χ3n) is 2.93. The van der Waals surface area contributed by atoms with Crippen LogP contribution in [0.5, 0.6) is 11.5 Å². The first kappa shape index (κ1) is 16.6. The number of methoxy groups -OCH3 is 1. The predicted octanol–water partition coefficient (Wildman–Crippen LogP) is 2.82. The fraction of sp³-hybridized carbons (Fsp3) is 0.167. The molecule has 0 spiro atoms.